The molecule has 140 valence electrons. The van der Waals surface area contributed by atoms with Crippen molar-refractivity contribution in [1.29, 1.82) is 0 Å². The number of hydrogen-bond acceptors (Lipinski definition) is 4. The molecule has 0 aliphatic heterocycles. The molecule has 0 aliphatic rings. The molecular formula is C21H22FN3O2. The van der Waals surface area contributed by atoms with Crippen molar-refractivity contribution in [2.45, 2.75) is 26.3 Å². The lowest BCUT2D eigenvalue weighted by atomic mass is 10.1. The van der Waals surface area contributed by atoms with Gasteiger partial charge in [-0.15, -0.1) is 0 Å². The molecule has 1 aromatic heterocycles. The van der Waals surface area contributed by atoms with Gasteiger partial charge in [0.1, 0.15) is 23.2 Å². The number of halogens is 1. The molecule has 1 heterocycles. The van der Waals surface area contributed by atoms with E-state index in [2.05, 4.69) is 10.3 Å². The number of benzene rings is 2. The molecule has 3 aromatic rings. The fourth-order valence-electron chi connectivity index (χ4n) is 3.13. The molecule has 5 nitrogen and oxygen atoms in total. The predicted molar refractivity (Wildman–Crippen MR) is 105 cm³/mol. The predicted octanol–water partition coefficient (Wildman–Crippen LogP) is 3.60. The van der Waals surface area contributed by atoms with Crippen molar-refractivity contribution in [3.63, 3.8) is 0 Å². The largest absolute Gasteiger partial charge is 0.507 e. The van der Waals surface area contributed by atoms with E-state index >= 15 is 0 Å². The zero-order valence-electron chi connectivity index (χ0n) is 15.4. The molecule has 0 fully saturated rings. The normalized spacial score (nSPS) is 10.8. The van der Waals surface area contributed by atoms with Crippen LogP contribution in [0.3, 0.4) is 0 Å². The number of phenolic OH excluding ortho intramolecular Hbond substituents is 1. The lowest BCUT2D eigenvalue weighted by Gasteiger charge is -2.17. The monoisotopic (exact) mass is 367 g/mol. The smallest absolute Gasteiger partial charge is 0.259 e. The van der Waals surface area contributed by atoms with Crippen LogP contribution in [0.2, 0.25) is 0 Å². The van der Waals surface area contributed by atoms with Gasteiger partial charge in [0, 0.05) is 13.6 Å². The first-order valence-electron chi connectivity index (χ1n) is 8.89. The summed E-state index contributed by atoms with van der Waals surface area (Å²) in [7, 11) is 1.71. The molecule has 2 aromatic carbocycles. The number of anilines is 1. The van der Waals surface area contributed by atoms with E-state index in [-0.39, 0.29) is 17.1 Å². The number of hydrogen-bond donors (Lipinski definition) is 2. The molecule has 0 unspecified atom stereocenters. The van der Waals surface area contributed by atoms with Crippen LogP contribution in [0.5, 0.6) is 5.75 Å². The van der Waals surface area contributed by atoms with Gasteiger partial charge in [-0.25, -0.2) is 9.37 Å². The highest BCUT2D eigenvalue weighted by atomic mass is 19.1. The maximum absolute atomic E-state index is 13.5. The third kappa shape index (κ3) is 3.84. The molecule has 0 aliphatic carbocycles. The summed E-state index contributed by atoms with van der Waals surface area (Å²) >= 11 is 0. The number of aromatic nitrogens is 2. The Kier molecular flexibility index (Phi) is 5.54. The average molecular weight is 367 g/mol. The van der Waals surface area contributed by atoms with Crippen LogP contribution in [0.1, 0.15) is 18.1 Å². The molecule has 0 amide bonds. The van der Waals surface area contributed by atoms with Gasteiger partial charge in [0.2, 0.25) is 0 Å². The second kappa shape index (κ2) is 8.03. The highest BCUT2D eigenvalue weighted by Crippen LogP contribution is 2.28. The maximum atomic E-state index is 13.5. The highest BCUT2D eigenvalue weighted by molar-refractivity contribution is 5.66. The molecule has 0 saturated carbocycles. The summed E-state index contributed by atoms with van der Waals surface area (Å²) in [5.74, 6) is 0.632. The van der Waals surface area contributed by atoms with Crippen molar-refractivity contribution in [3.8, 4) is 17.1 Å². The van der Waals surface area contributed by atoms with E-state index in [9.17, 15) is 14.3 Å². The Balaban J connectivity index is 2.12. The summed E-state index contributed by atoms with van der Waals surface area (Å²) in [6.45, 7) is 2.23. The third-order valence-electron chi connectivity index (χ3n) is 4.51. The second-order valence-electron chi connectivity index (χ2n) is 6.22. The van der Waals surface area contributed by atoms with Gasteiger partial charge in [-0.1, -0.05) is 31.2 Å². The van der Waals surface area contributed by atoms with Crippen LogP contribution in [0.15, 0.2) is 53.3 Å². The van der Waals surface area contributed by atoms with Crippen LogP contribution < -0.4 is 10.9 Å². The molecule has 6 heteroatoms. The molecular weight excluding hydrogens is 345 g/mol. The standard InChI is InChI=1S/C21H22FN3O2/c1-3-16-19(23-2)24-20(17-9-4-5-10-18(17)26)25(21(16)27)12-11-14-7-6-8-15(22)13-14/h4-10,13,23,26H,3,11-12H2,1-2H3. The minimum atomic E-state index is -0.307. The minimum Gasteiger partial charge on any atom is -0.507 e. The molecule has 0 spiro atoms. The van der Waals surface area contributed by atoms with Gasteiger partial charge >= 0.3 is 0 Å². The first kappa shape index (κ1) is 18.6. The van der Waals surface area contributed by atoms with Gasteiger partial charge in [0.25, 0.3) is 5.56 Å². The van der Waals surface area contributed by atoms with Crippen LogP contribution in [-0.4, -0.2) is 21.7 Å². The van der Waals surface area contributed by atoms with Crippen molar-refractivity contribution in [1.82, 2.24) is 9.55 Å². The van der Waals surface area contributed by atoms with Gasteiger partial charge < -0.3 is 10.4 Å². The molecule has 0 radical (unpaired) electrons. The van der Waals surface area contributed by atoms with Crippen LogP contribution >= 0.6 is 0 Å². The zero-order valence-corrected chi connectivity index (χ0v) is 15.4. The quantitative estimate of drug-likeness (QED) is 0.699. The van der Waals surface area contributed by atoms with Gasteiger partial charge in [-0.2, -0.15) is 0 Å². The van der Waals surface area contributed by atoms with Crippen molar-refractivity contribution in [2.24, 2.45) is 0 Å². The van der Waals surface area contributed by atoms with Crippen LogP contribution in [0, 0.1) is 5.82 Å². The molecule has 0 atom stereocenters. The number of aromatic hydroxyl groups is 1. The van der Waals surface area contributed by atoms with E-state index in [1.165, 1.54) is 12.1 Å². The van der Waals surface area contributed by atoms with E-state index in [0.29, 0.717) is 42.2 Å². The summed E-state index contributed by atoms with van der Waals surface area (Å²) in [6, 6.07) is 13.1. The summed E-state index contributed by atoms with van der Waals surface area (Å²) < 4.78 is 15.0. The van der Waals surface area contributed by atoms with Crippen molar-refractivity contribution >= 4 is 5.82 Å². The Morgan fingerprint density at radius 3 is 2.63 bits per heavy atom. The van der Waals surface area contributed by atoms with Gasteiger partial charge in [-0.05, 0) is 42.7 Å². The van der Waals surface area contributed by atoms with E-state index in [1.54, 1.807) is 41.9 Å². The van der Waals surface area contributed by atoms with Crippen molar-refractivity contribution in [3.05, 3.63) is 75.8 Å². The molecule has 3 rings (SSSR count). The Bertz CT molecular complexity index is 1010. The van der Waals surface area contributed by atoms with Crippen LogP contribution in [0.4, 0.5) is 10.2 Å². The molecule has 2 N–H and O–H groups in total. The Labute approximate surface area is 157 Å². The second-order valence-corrected chi connectivity index (χ2v) is 6.22. The van der Waals surface area contributed by atoms with Crippen molar-refractivity contribution in [2.75, 3.05) is 12.4 Å². The number of aryl methyl sites for hydroxylation is 1. The summed E-state index contributed by atoms with van der Waals surface area (Å²) in [5.41, 5.74) is 1.69. The van der Waals surface area contributed by atoms with Gasteiger partial charge in [-0.3, -0.25) is 9.36 Å². The van der Waals surface area contributed by atoms with Gasteiger partial charge in [0.15, 0.2) is 0 Å². The average Bonchev–Trinajstić information content (AvgIpc) is 2.67. The Morgan fingerprint density at radius 2 is 1.96 bits per heavy atom. The number of para-hydroxylation sites is 1. The maximum Gasteiger partial charge on any atom is 0.259 e. The van der Waals surface area contributed by atoms with Crippen LogP contribution in [-0.2, 0) is 19.4 Å². The fourth-order valence-corrected chi connectivity index (χ4v) is 3.13. The van der Waals surface area contributed by atoms with E-state index < -0.39 is 0 Å². The topological polar surface area (TPSA) is 67.2 Å². The first-order valence-corrected chi connectivity index (χ1v) is 8.89. The minimum absolute atomic E-state index is 0.0511. The van der Waals surface area contributed by atoms with Crippen molar-refractivity contribution < 1.29 is 9.50 Å². The Morgan fingerprint density at radius 1 is 1.19 bits per heavy atom. The van der Waals surface area contributed by atoms with Gasteiger partial charge in [0.05, 0.1) is 11.1 Å². The summed E-state index contributed by atoms with van der Waals surface area (Å²) in [4.78, 5) is 17.7. The highest BCUT2D eigenvalue weighted by Gasteiger charge is 2.18. The lowest BCUT2D eigenvalue weighted by Crippen LogP contribution is -2.28. The Hall–Kier alpha value is -3.15. The number of nitrogens with one attached hydrogen (secondary N) is 1. The number of rotatable bonds is 6. The number of phenols is 1. The lowest BCUT2D eigenvalue weighted by molar-refractivity contribution is 0.476. The van der Waals surface area contributed by atoms with E-state index in [4.69, 9.17) is 0 Å². The van der Waals surface area contributed by atoms with Crippen LogP contribution in [0.25, 0.3) is 11.4 Å². The summed E-state index contributed by atoms with van der Waals surface area (Å²) in [6.07, 6.45) is 1.00. The molecule has 0 saturated heterocycles. The first-order chi connectivity index (χ1) is 13.0. The molecule has 0 bridgehead atoms. The third-order valence-corrected chi connectivity index (χ3v) is 4.51. The number of nitrogens with zero attached hydrogens (tertiary/aromatic N) is 2. The van der Waals surface area contributed by atoms with E-state index in [0.717, 1.165) is 5.56 Å². The van der Waals surface area contributed by atoms with E-state index in [1.807, 2.05) is 13.0 Å². The molecule has 27 heavy (non-hydrogen) atoms. The SMILES string of the molecule is CCc1c(NC)nc(-c2ccccc2O)n(CCc2cccc(F)c2)c1=O. The summed E-state index contributed by atoms with van der Waals surface area (Å²) in [5, 5.41) is 13.2. The zero-order chi connectivity index (χ0) is 19.4. The fraction of sp³-hybridized carbons (Fsp3) is 0.238.